The van der Waals surface area contributed by atoms with Crippen molar-refractivity contribution >= 4 is 10.1 Å². The molecule has 0 spiro atoms. The van der Waals surface area contributed by atoms with Gasteiger partial charge in [-0.3, -0.25) is 0 Å². The topological polar surface area (TPSA) is 66.4 Å². The second-order valence-corrected chi connectivity index (χ2v) is 9.64. The van der Waals surface area contributed by atoms with E-state index in [0.717, 1.165) is 24.8 Å². The van der Waals surface area contributed by atoms with E-state index in [1.165, 1.54) is 70.3 Å². The van der Waals surface area contributed by atoms with Crippen molar-refractivity contribution in [2.75, 3.05) is 0 Å². The molecule has 0 aliphatic carbocycles. The summed E-state index contributed by atoms with van der Waals surface area (Å²) in [7, 11) is -4.59. The number of ether oxygens (including phenoxy) is 1. The molecule has 0 aromatic heterocycles. The van der Waals surface area contributed by atoms with Crippen LogP contribution in [0.4, 0.5) is 0 Å². The van der Waals surface area contributed by atoms with Gasteiger partial charge in [0.15, 0.2) is 0 Å². The van der Waals surface area contributed by atoms with E-state index in [9.17, 15) is 13.0 Å². The van der Waals surface area contributed by atoms with Gasteiger partial charge < -0.3 is 9.29 Å². The Bertz CT molecular complexity index is 853. The molecule has 6 heteroatoms. The van der Waals surface area contributed by atoms with Gasteiger partial charge in [-0.15, -0.1) is 0 Å². The summed E-state index contributed by atoms with van der Waals surface area (Å²) in [6, 6.07) is 13.7. The van der Waals surface area contributed by atoms with Crippen molar-refractivity contribution < 1.29 is 47.3 Å². The molecule has 0 radical (unpaired) electrons. The second kappa shape index (κ2) is 16.7. The van der Waals surface area contributed by atoms with E-state index in [1.54, 1.807) is 36.4 Å². The molecule has 172 valence electrons. The van der Waals surface area contributed by atoms with E-state index in [-0.39, 0.29) is 40.2 Å². The SMILES string of the molecule is CCCCCCCCCCCCCCc1ccc(S(=O)(=O)[O-])c(Oc2ccccc2)c1.[Na+]. The molecule has 0 atom stereocenters. The fourth-order valence-electron chi connectivity index (χ4n) is 3.78. The first-order valence-corrected chi connectivity index (χ1v) is 13.2. The molecule has 0 fully saturated rings. The second-order valence-electron chi connectivity index (χ2n) is 8.29. The average Bonchev–Trinajstić information content (AvgIpc) is 2.74. The Labute approximate surface area is 217 Å². The first kappa shape index (κ1) is 29.2. The number of hydrogen-bond donors (Lipinski definition) is 0. The van der Waals surface area contributed by atoms with Crippen LogP contribution in [0.5, 0.6) is 11.5 Å². The molecule has 0 aliphatic rings. The molecule has 2 aromatic carbocycles. The van der Waals surface area contributed by atoms with E-state index < -0.39 is 10.1 Å². The van der Waals surface area contributed by atoms with Crippen LogP contribution in [0, 0.1) is 0 Å². The van der Waals surface area contributed by atoms with E-state index in [2.05, 4.69) is 6.92 Å². The minimum absolute atomic E-state index is 0. The van der Waals surface area contributed by atoms with Crippen LogP contribution in [0.3, 0.4) is 0 Å². The summed E-state index contributed by atoms with van der Waals surface area (Å²) in [4.78, 5) is -0.310. The molecular weight excluding hydrogens is 431 g/mol. The fourth-order valence-corrected chi connectivity index (χ4v) is 4.36. The largest absolute Gasteiger partial charge is 1.00 e. The Balaban J connectivity index is 0.00000512. The zero-order chi connectivity index (χ0) is 22.4. The number of rotatable bonds is 16. The average molecular weight is 469 g/mol. The smallest absolute Gasteiger partial charge is 0.744 e. The predicted molar refractivity (Wildman–Crippen MR) is 126 cm³/mol. The first-order chi connectivity index (χ1) is 15.0. The van der Waals surface area contributed by atoms with Crippen LogP contribution in [0.25, 0.3) is 0 Å². The van der Waals surface area contributed by atoms with Gasteiger partial charge in [-0.25, -0.2) is 8.42 Å². The van der Waals surface area contributed by atoms with Crippen LogP contribution in [0.1, 0.15) is 89.5 Å². The van der Waals surface area contributed by atoms with Crippen molar-refractivity contribution in [3.05, 3.63) is 54.1 Å². The summed E-state index contributed by atoms with van der Waals surface area (Å²) in [5.74, 6) is 0.618. The Morgan fingerprint density at radius 1 is 0.750 bits per heavy atom. The van der Waals surface area contributed by atoms with Gasteiger partial charge in [-0.1, -0.05) is 102 Å². The summed E-state index contributed by atoms with van der Waals surface area (Å²) in [5.41, 5.74) is 0.991. The third kappa shape index (κ3) is 11.9. The molecule has 0 amide bonds. The molecule has 0 saturated carbocycles. The van der Waals surface area contributed by atoms with E-state index in [1.807, 2.05) is 6.07 Å². The van der Waals surface area contributed by atoms with E-state index in [4.69, 9.17) is 4.74 Å². The summed E-state index contributed by atoms with van der Waals surface area (Å²) < 4.78 is 40.5. The van der Waals surface area contributed by atoms with Crippen molar-refractivity contribution in [3.63, 3.8) is 0 Å². The van der Waals surface area contributed by atoms with Gasteiger partial charge in [0.25, 0.3) is 0 Å². The van der Waals surface area contributed by atoms with Crippen molar-refractivity contribution in [1.82, 2.24) is 0 Å². The third-order valence-corrected chi connectivity index (χ3v) is 6.44. The van der Waals surface area contributed by atoms with Gasteiger partial charge in [0.05, 0.1) is 4.90 Å². The maximum atomic E-state index is 11.6. The predicted octanol–water partition coefficient (Wildman–Crippen LogP) is 4.63. The third-order valence-electron chi connectivity index (χ3n) is 5.57. The minimum atomic E-state index is -4.59. The molecule has 2 rings (SSSR count). The molecule has 2 aromatic rings. The van der Waals surface area contributed by atoms with Gasteiger partial charge >= 0.3 is 29.6 Å². The van der Waals surface area contributed by atoms with Gasteiger partial charge in [0.1, 0.15) is 21.6 Å². The number of hydrogen-bond acceptors (Lipinski definition) is 4. The number of benzene rings is 2. The van der Waals surface area contributed by atoms with Crippen molar-refractivity contribution in [1.29, 1.82) is 0 Å². The van der Waals surface area contributed by atoms with Gasteiger partial charge in [0.2, 0.25) is 0 Å². The Morgan fingerprint density at radius 2 is 1.28 bits per heavy atom. The van der Waals surface area contributed by atoms with Crippen molar-refractivity contribution in [2.45, 2.75) is 95.3 Å². The van der Waals surface area contributed by atoms with E-state index >= 15 is 0 Å². The molecule has 0 unspecified atom stereocenters. The molecule has 0 N–H and O–H groups in total. The van der Waals surface area contributed by atoms with Crippen LogP contribution in [0.2, 0.25) is 0 Å². The zero-order valence-corrected chi connectivity index (χ0v) is 22.7. The Morgan fingerprint density at radius 3 is 1.81 bits per heavy atom. The number of unbranched alkanes of at least 4 members (excludes halogenated alkanes) is 11. The molecule has 0 bridgehead atoms. The maximum Gasteiger partial charge on any atom is 1.00 e. The molecule has 0 heterocycles. The zero-order valence-electron chi connectivity index (χ0n) is 19.9. The monoisotopic (exact) mass is 468 g/mol. The minimum Gasteiger partial charge on any atom is -0.744 e. The first-order valence-electron chi connectivity index (χ1n) is 11.8. The van der Waals surface area contributed by atoms with Crippen LogP contribution >= 0.6 is 0 Å². The Kier molecular flexibility index (Phi) is 15.2. The van der Waals surface area contributed by atoms with Gasteiger partial charge in [-0.05, 0) is 42.7 Å². The summed E-state index contributed by atoms with van der Waals surface area (Å²) in [5, 5.41) is 0. The normalized spacial score (nSPS) is 11.2. The standard InChI is InChI=1S/C26H38O4S.Na/c1-2-3-4-5-6-7-8-9-10-11-12-14-17-23-20-21-26(31(27,28)29)25(22-23)30-24-18-15-13-16-19-24;/h13,15-16,18-22H,2-12,14,17H2,1H3,(H,27,28,29);/q;+1/p-1. The number of para-hydroxylation sites is 1. The van der Waals surface area contributed by atoms with Crippen LogP contribution in [-0.2, 0) is 16.5 Å². The van der Waals surface area contributed by atoms with Gasteiger partial charge in [0, 0.05) is 0 Å². The maximum absolute atomic E-state index is 11.6. The fraction of sp³-hybridized carbons (Fsp3) is 0.538. The molecule has 0 aliphatic heterocycles. The Hall–Kier alpha value is -0.850. The molecule has 32 heavy (non-hydrogen) atoms. The van der Waals surface area contributed by atoms with E-state index in [0.29, 0.717) is 5.75 Å². The van der Waals surface area contributed by atoms with Crippen LogP contribution < -0.4 is 34.3 Å². The summed E-state index contributed by atoms with van der Waals surface area (Å²) >= 11 is 0. The molecular formula is C26H37NaO4S. The summed E-state index contributed by atoms with van der Waals surface area (Å²) in [6.45, 7) is 2.25. The number of aryl methyl sites for hydroxylation is 1. The molecule has 0 saturated heterocycles. The van der Waals surface area contributed by atoms with Crippen LogP contribution in [-0.4, -0.2) is 13.0 Å². The van der Waals surface area contributed by atoms with Crippen LogP contribution in [0.15, 0.2) is 53.4 Å². The quantitative estimate of drug-likeness (QED) is 0.205. The molecule has 4 nitrogen and oxygen atoms in total. The van der Waals surface area contributed by atoms with Gasteiger partial charge in [-0.2, -0.15) is 0 Å². The van der Waals surface area contributed by atoms with Crippen molar-refractivity contribution in [3.8, 4) is 11.5 Å². The van der Waals surface area contributed by atoms with Crippen molar-refractivity contribution in [2.24, 2.45) is 0 Å². The summed E-state index contributed by atoms with van der Waals surface area (Å²) in [6.07, 6.45) is 16.4.